The van der Waals surface area contributed by atoms with Gasteiger partial charge in [-0.2, -0.15) is 5.10 Å². The molecule has 2 N–H and O–H groups in total. The van der Waals surface area contributed by atoms with Crippen molar-refractivity contribution in [3.63, 3.8) is 0 Å². The summed E-state index contributed by atoms with van der Waals surface area (Å²) in [6.07, 6.45) is 1.32. The molecule has 0 unspecified atom stereocenters. The number of rotatable bonds is 8. The molecule has 4 aromatic carbocycles. The van der Waals surface area contributed by atoms with E-state index in [-0.39, 0.29) is 28.5 Å². The molecule has 0 saturated carbocycles. The summed E-state index contributed by atoms with van der Waals surface area (Å²) < 4.78 is 17.1. The monoisotopic (exact) mass is 805 g/mol. The van der Waals surface area contributed by atoms with Crippen molar-refractivity contribution in [3.8, 4) is 28.4 Å². The highest BCUT2D eigenvalue weighted by atomic mass is 79.9. The zero-order chi connectivity index (χ0) is 33.1. The Bertz CT molecular complexity index is 2070. The van der Waals surface area contributed by atoms with E-state index in [1.807, 2.05) is 0 Å². The molecule has 234 valence electrons. The van der Waals surface area contributed by atoms with Crippen LogP contribution in [-0.2, 0) is 4.79 Å². The minimum Gasteiger partial charge on any atom is -0.493 e. The predicted octanol–water partition coefficient (Wildman–Crippen LogP) is 9.24. The molecule has 0 atom stereocenters. The highest BCUT2D eigenvalue weighted by Crippen LogP contribution is 2.41. The van der Waals surface area contributed by atoms with Crippen molar-refractivity contribution in [2.24, 2.45) is 5.10 Å². The van der Waals surface area contributed by atoms with Gasteiger partial charge in [0.2, 0.25) is 0 Å². The van der Waals surface area contributed by atoms with Crippen molar-refractivity contribution in [2.75, 3.05) is 7.11 Å². The van der Waals surface area contributed by atoms with Gasteiger partial charge in [-0.1, -0.05) is 68.9 Å². The van der Waals surface area contributed by atoms with Crippen molar-refractivity contribution in [1.82, 2.24) is 10.4 Å². The van der Waals surface area contributed by atoms with E-state index in [0.717, 1.165) is 0 Å². The summed E-state index contributed by atoms with van der Waals surface area (Å²) in [6, 6.07) is 17.9. The van der Waals surface area contributed by atoms with Gasteiger partial charge < -0.3 is 19.2 Å². The van der Waals surface area contributed by atoms with Crippen molar-refractivity contribution >= 4 is 102 Å². The van der Waals surface area contributed by atoms with Crippen LogP contribution in [0.1, 0.15) is 33.3 Å². The van der Waals surface area contributed by atoms with Crippen LogP contribution < -0.4 is 19.6 Å². The third-order valence-corrected chi connectivity index (χ3v) is 8.33. The Morgan fingerprint density at radius 1 is 0.913 bits per heavy atom. The maximum atomic E-state index is 13.5. The van der Waals surface area contributed by atoms with Gasteiger partial charge in [-0.15, -0.1) is 0 Å². The number of benzene rings is 4. The van der Waals surface area contributed by atoms with Crippen molar-refractivity contribution in [2.45, 2.75) is 6.92 Å². The van der Waals surface area contributed by atoms with E-state index in [0.29, 0.717) is 51.6 Å². The van der Waals surface area contributed by atoms with E-state index in [9.17, 15) is 14.4 Å². The lowest BCUT2D eigenvalue weighted by Gasteiger charge is -2.12. The van der Waals surface area contributed by atoms with Gasteiger partial charge >= 0.3 is 11.9 Å². The molecule has 0 aliphatic heterocycles. The minimum absolute atomic E-state index is 0.123. The third-order valence-electron chi connectivity index (χ3n) is 6.44. The summed E-state index contributed by atoms with van der Waals surface area (Å²) in [6.45, 7) is 1.25. The molecule has 0 aliphatic rings. The first-order chi connectivity index (χ1) is 22.0. The number of hydrazone groups is 1. The summed E-state index contributed by atoms with van der Waals surface area (Å²) in [5.74, 6) is -1.42. The number of aromatic amines is 1. The molecule has 1 heterocycles. The number of aromatic nitrogens is 1. The second-order valence-corrected chi connectivity index (χ2v) is 12.5. The molecule has 9 nitrogen and oxygen atoms in total. The van der Waals surface area contributed by atoms with Gasteiger partial charge in [0.05, 0.1) is 28.4 Å². The number of fused-ring (bicyclic) bond motifs is 1. The lowest BCUT2D eigenvalue weighted by Crippen LogP contribution is -2.19. The molecule has 5 aromatic rings. The van der Waals surface area contributed by atoms with Gasteiger partial charge in [-0.3, -0.25) is 9.59 Å². The van der Waals surface area contributed by atoms with Crippen molar-refractivity contribution < 1.29 is 28.6 Å². The van der Waals surface area contributed by atoms with Crippen LogP contribution in [0.15, 0.2) is 80.8 Å². The van der Waals surface area contributed by atoms with Crippen LogP contribution >= 0.6 is 66.7 Å². The number of halogens is 5. The number of hydrogen-bond acceptors (Lipinski definition) is 7. The van der Waals surface area contributed by atoms with Crippen LogP contribution in [0.4, 0.5) is 0 Å². The number of esters is 2. The van der Waals surface area contributed by atoms with Gasteiger partial charge in [0, 0.05) is 49.0 Å². The number of methoxy groups -OCH3 is 1. The van der Waals surface area contributed by atoms with Crippen LogP contribution in [0.3, 0.4) is 0 Å². The second-order valence-electron chi connectivity index (χ2n) is 9.52. The quantitative estimate of drug-likeness (QED) is 0.0699. The first-order valence-electron chi connectivity index (χ1n) is 13.1. The molecule has 0 bridgehead atoms. The lowest BCUT2D eigenvalue weighted by atomic mass is 10.0. The summed E-state index contributed by atoms with van der Waals surface area (Å²) >= 11 is 26.1. The Labute approximate surface area is 294 Å². The van der Waals surface area contributed by atoms with E-state index in [1.165, 1.54) is 38.4 Å². The molecular weight excluding hydrogens is 789 g/mol. The number of nitrogens with one attached hydrogen (secondary N) is 2. The fourth-order valence-electron chi connectivity index (χ4n) is 4.54. The summed E-state index contributed by atoms with van der Waals surface area (Å²) in [5.41, 5.74) is 4.72. The fourth-order valence-corrected chi connectivity index (χ4v) is 6.69. The van der Waals surface area contributed by atoms with Gasteiger partial charge in [0.25, 0.3) is 5.91 Å². The molecule has 46 heavy (non-hydrogen) atoms. The minimum atomic E-state index is -0.729. The Balaban J connectivity index is 1.45. The first kappa shape index (κ1) is 33.5. The van der Waals surface area contributed by atoms with E-state index >= 15 is 0 Å². The zero-order valence-corrected chi connectivity index (χ0v) is 29.2. The number of carbonyl (C=O) groups excluding carboxylic acids is 3. The van der Waals surface area contributed by atoms with E-state index < -0.39 is 17.8 Å². The SMILES string of the molecule is COc1cc(C(=O)Oc2c(Br)cc(Br)cc2C=NNC(=O)c2[nH]c3cc(Cl)cc(Cl)c3c2-c2ccccc2Cl)ccc1OC(C)=O. The Morgan fingerprint density at radius 2 is 1.67 bits per heavy atom. The number of H-pyrrole nitrogens is 1. The molecule has 1 amide bonds. The van der Waals surface area contributed by atoms with Crippen LogP contribution in [0.25, 0.3) is 22.0 Å². The Morgan fingerprint density at radius 3 is 2.39 bits per heavy atom. The molecule has 0 spiro atoms. The maximum absolute atomic E-state index is 13.5. The molecule has 0 aliphatic carbocycles. The largest absolute Gasteiger partial charge is 0.493 e. The lowest BCUT2D eigenvalue weighted by molar-refractivity contribution is -0.132. The third kappa shape index (κ3) is 7.24. The van der Waals surface area contributed by atoms with E-state index in [1.54, 1.807) is 48.5 Å². The van der Waals surface area contributed by atoms with Gasteiger partial charge in [-0.25, -0.2) is 10.2 Å². The molecule has 14 heteroatoms. The number of hydrogen-bond donors (Lipinski definition) is 2. The second kappa shape index (κ2) is 14.3. The van der Waals surface area contributed by atoms with Crippen LogP contribution in [0.2, 0.25) is 15.1 Å². The highest BCUT2D eigenvalue weighted by molar-refractivity contribution is 9.11. The zero-order valence-electron chi connectivity index (χ0n) is 23.7. The van der Waals surface area contributed by atoms with Gasteiger partial charge in [-0.05, 0) is 64.5 Å². The highest BCUT2D eigenvalue weighted by Gasteiger charge is 2.23. The van der Waals surface area contributed by atoms with Crippen LogP contribution in [-0.4, -0.2) is 36.2 Å². The Kier molecular flexibility index (Phi) is 10.4. The van der Waals surface area contributed by atoms with Crippen LogP contribution in [0, 0.1) is 0 Å². The van der Waals surface area contributed by atoms with Gasteiger partial charge in [0.1, 0.15) is 5.69 Å². The topological polar surface area (TPSA) is 119 Å². The number of nitrogens with zero attached hydrogens (tertiary/aromatic N) is 1. The average molecular weight is 809 g/mol. The molecule has 5 rings (SSSR count). The predicted molar refractivity (Wildman–Crippen MR) is 185 cm³/mol. The standard InChI is InChI=1S/C32H20Br2Cl3N3O6/c1-15(41)45-25-8-7-16(10-26(25)44-2)32(43)46-30-17(9-18(33)11-21(30)34)14-38-40-31(42)29-27(20-5-3-4-6-22(20)36)28-23(37)12-19(35)13-24(28)39-29/h3-14,39H,1-2H3,(H,40,42). The normalized spacial score (nSPS) is 11.1. The van der Waals surface area contributed by atoms with Crippen molar-refractivity contribution in [3.05, 3.63) is 108 Å². The molecule has 0 fully saturated rings. The number of carbonyl (C=O) groups is 3. The van der Waals surface area contributed by atoms with Crippen molar-refractivity contribution in [1.29, 1.82) is 0 Å². The first-order valence-corrected chi connectivity index (χ1v) is 15.9. The Hall–Kier alpha value is -3.87. The molecular formula is C32H20Br2Cl3N3O6. The molecule has 1 aromatic heterocycles. The number of ether oxygens (including phenoxy) is 3. The van der Waals surface area contributed by atoms with Crippen LogP contribution in [0.5, 0.6) is 17.2 Å². The van der Waals surface area contributed by atoms with Gasteiger partial charge in [0.15, 0.2) is 17.2 Å². The maximum Gasteiger partial charge on any atom is 0.343 e. The van der Waals surface area contributed by atoms with E-state index in [2.05, 4.69) is 47.4 Å². The average Bonchev–Trinajstić information content (AvgIpc) is 3.38. The summed E-state index contributed by atoms with van der Waals surface area (Å²) in [4.78, 5) is 41.1. The fraction of sp³-hybridized carbons (Fsp3) is 0.0625. The summed E-state index contributed by atoms with van der Waals surface area (Å²) in [5, 5.41) is 5.83. The van der Waals surface area contributed by atoms with E-state index in [4.69, 9.17) is 49.0 Å². The smallest absolute Gasteiger partial charge is 0.343 e. The molecule has 0 radical (unpaired) electrons. The molecule has 0 saturated heterocycles. The summed E-state index contributed by atoms with van der Waals surface area (Å²) in [7, 11) is 1.38. The number of amides is 1.